The van der Waals surface area contributed by atoms with Crippen LogP contribution in [0.2, 0.25) is 0 Å². The fourth-order valence-electron chi connectivity index (χ4n) is 3.73. The Hall–Kier alpha value is -3.82. The van der Waals surface area contributed by atoms with Crippen molar-refractivity contribution in [2.75, 3.05) is 39.2 Å². The predicted octanol–water partition coefficient (Wildman–Crippen LogP) is 2.51. The van der Waals surface area contributed by atoms with Gasteiger partial charge in [0.1, 0.15) is 17.0 Å². The molecule has 32 heavy (non-hydrogen) atoms. The number of aromatic nitrogens is 3. The molecule has 2 heterocycles. The van der Waals surface area contributed by atoms with Crippen molar-refractivity contribution in [3.63, 3.8) is 0 Å². The van der Waals surface area contributed by atoms with Crippen LogP contribution in [0.25, 0.3) is 11.0 Å². The van der Waals surface area contributed by atoms with Crippen molar-refractivity contribution in [3.8, 4) is 11.5 Å². The largest absolute Gasteiger partial charge is 0.497 e. The lowest BCUT2D eigenvalue weighted by molar-refractivity contribution is 0.0793. The number of benzene rings is 2. The Morgan fingerprint density at radius 3 is 2.62 bits per heavy atom. The molecule has 1 fully saturated rings. The number of methoxy groups -OCH3 is 2. The minimum absolute atomic E-state index is 0.0326. The van der Waals surface area contributed by atoms with Crippen molar-refractivity contribution in [2.24, 2.45) is 0 Å². The van der Waals surface area contributed by atoms with Gasteiger partial charge in [-0.3, -0.25) is 4.79 Å². The monoisotopic (exact) mass is 438 g/mol. The summed E-state index contributed by atoms with van der Waals surface area (Å²) in [5.41, 5.74) is 2.59. The molecule has 3 aromatic rings. The fourth-order valence-corrected chi connectivity index (χ4v) is 3.73. The normalized spacial score (nSPS) is 13.2. The number of hydrogen-bond donors (Lipinski definition) is 2. The van der Waals surface area contributed by atoms with Gasteiger partial charge in [-0.25, -0.2) is 9.48 Å². The van der Waals surface area contributed by atoms with Crippen molar-refractivity contribution >= 4 is 28.7 Å². The molecule has 1 aliphatic rings. The molecule has 10 nitrogen and oxygen atoms in total. The number of nitrogens with one attached hydrogen (secondary N) is 2. The van der Waals surface area contributed by atoms with Crippen molar-refractivity contribution in [2.45, 2.75) is 19.4 Å². The van der Waals surface area contributed by atoms with Gasteiger partial charge in [-0.15, -0.1) is 5.10 Å². The molecule has 0 radical (unpaired) electrons. The average molecular weight is 438 g/mol. The van der Waals surface area contributed by atoms with Crippen molar-refractivity contribution < 1.29 is 19.1 Å². The van der Waals surface area contributed by atoms with Gasteiger partial charge in [-0.1, -0.05) is 5.21 Å². The standard InChI is InChI=1S/C22H26N6O4/c1-31-16-6-8-20(32-2)18(14-16)24-22(30)23-9-12-28-19-7-5-15(13-17(19)25-26-28)21(29)27-10-3-4-11-27/h5-8,13-14H,3-4,9-12H2,1-2H3,(H2,23,24,30). The first-order valence-corrected chi connectivity index (χ1v) is 10.5. The molecule has 4 rings (SSSR count). The van der Waals surface area contributed by atoms with Crippen molar-refractivity contribution in [1.29, 1.82) is 0 Å². The maximum absolute atomic E-state index is 12.6. The Kier molecular flexibility index (Phi) is 6.39. The summed E-state index contributed by atoms with van der Waals surface area (Å²) in [6.07, 6.45) is 2.10. The summed E-state index contributed by atoms with van der Waals surface area (Å²) in [5.74, 6) is 1.17. The second kappa shape index (κ2) is 9.54. The lowest BCUT2D eigenvalue weighted by Gasteiger charge is -2.15. The van der Waals surface area contributed by atoms with Gasteiger partial charge >= 0.3 is 6.03 Å². The van der Waals surface area contributed by atoms with Gasteiger partial charge in [0.25, 0.3) is 5.91 Å². The predicted molar refractivity (Wildman–Crippen MR) is 119 cm³/mol. The van der Waals surface area contributed by atoms with E-state index in [1.807, 2.05) is 11.0 Å². The molecule has 1 saturated heterocycles. The average Bonchev–Trinajstić information content (AvgIpc) is 3.48. The van der Waals surface area contributed by atoms with Crippen LogP contribution in [-0.4, -0.2) is 65.7 Å². The lowest BCUT2D eigenvalue weighted by Crippen LogP contribution is -2.31. The highest BCUT2D eigenvalue weighted by atomic mass is 16.5. The van der Waals surface area contributed by atoms with Gasteiger partial charge in [0.15, 0.2) is 0 Å². The molecular weight excluding hydrogens is 412 g/mol. The number of nitrogens with zero attached hydrogens (tertiary/aromatic N) is 4. The third-order valence-corrected chi connectivity index (χ3v) is 5.42. The molecule has 2 aromatic carbocycles. The van der Waals surface area contributed by atoms with Crippen LogP contribution in [0.1, 0.15) is 23.2 Å². The molecule has 0 unspecified atom stereocenters. The Labute approximate surface area is 185 Å². The zero-order valence-electron chi connectivity index (χ0n) is 18.1. The molecular formula is C22H26N6O4. The number of ether oxygens (including phenoxy) is 2. The molecule has 3 amide bonds. The second-order valence-corrected chi connectivity index (χ2v) is 7.46. The zero-order valence-corrected chi connectivity index (χ0v) is 18.1. The van der Waals surface area contributed by atoms with E-state index in [0.29, 0.717) is 41.4 Å². The Morgan fingerprint density at radius 1 is 1.06 bits per heavy atom. The van der Waals surface area contributed by atoms with E-state index in [9.17, 15) is 9.59 Å². The van der Waals surface area contributed by atoms with E-state index >= 15 is 0 Å². The molecule has 1 aromatic heterocycles. The molecule has 10 heteroatoms. The maximum Gasteiger partial charge on any atom is 0.319 e. The van der Waals surface area contributed by atoms with E-state index in [2.05, 4.69) is 20.9 Å². The van der Waals surface area contributed by atoms with Gasteiger partial charge < -0.3 is 25.0 Å². The van der Waals surface area contributed by atoms with Gasteiger partial charge in [0.2, 0.25) is 0 Å². The zero-order chi connectivity index (χ0) is 22.5. The van der Waals surface area contributed by atoms with Crippen LogP contribution in [0.4, 0.5) is 10.5 Å². The van der Waals surface area contributed by atoms with Gasteiger partial charge in [0.05, 0.1) is 32.0 Å². The molecule has 0 spiro atoms. The summed E-state index contributed by atoms with van der Waals surface area (Å²) < 4.78 is 12.2. The van der Waals surface area contributed by atoms with E-state index < -0.39 is 0 Å². The first kappa shape index (κ1) is 21.4. The number of fused-ring (bicyclic) bond motifs is 1. The van der Waals surface area contributed by atoms with Crippen LogP contribution < -0.4 is 20.1 Å². The highest BCUT2D eigenvalue weighted by Crippen LogP contribution is 2.28. The quantitative estimate of drug-likeness (QED) is 0.586. The summed E-state index contributed by atoms with van der Waals surface area (Å²) in [4.78, 5) is 26.8. The van der Waals surface area contributed by atoms with Crippen molar-refractivity contribution in [3.05, 3.63) is 42.0 Å². The van der Waals surface area contributed by atoms with Gasteiger partial charge in [0, 0.05) is 31.3 Å². The topological polar surface area (TPSA) is 111 Å². The second-order valence-electron chi connectivity index (χ2n) is 7.46. The Balaban J connectivity index is 1.35. The van der Waals surface area contributed by atoms with E-state index in [0.717, 1.165) is 31.4 Å². The summed E-state index contributed by atoms with van der Waals surface area (Å²) in [6, 6.07) is 10.2. The number of likely N-dealkylation sites (tertiary alicyclic amines) is 1. The summed E-state index contributed by atoms with van der Waals surface area (Å²) in [6.45, 7) is 2.38. The minimum Gasteiger partial charge on any atom is -0.497 e. The molecule has 168 valence electrons. The number of amides is 3. The molecule has 0 saturated carbocycles. The Bertz CT molecular complexity index is 1120. The van der Waals surface area contributed by atoms with E-state index in [4.69, 9.17) is 9.47 Å². The van der Waals surface area contributed by atoms with Crippen molar-refractivity contribution in [1.82, 2.24) is 25.2 Å². The molecule has 0 bridgehead atoms. The number of anilines is 1. The third-order valence-electron chi connectivity index (χ3n) is 5.42. The fraction of sp³-hybridized carbons (Fsp3) is 0.364. The third kappa shape index (κ3) is 4.58. The summed E-state index contributed by atoms with van der Waals surface area (Å²) in [7, 11) is 3.09. The summed E-state index contributed by atoms with van der Waals surface area (Å²) in [5, 5.41) is 13.9. The smallest absolute Gasteiger partial charge is 0.319 e. The molecule has 0 atom stereocenters. The number of carbonyl (C=O) groups is 2. The SMILES string of the molecule is COc1ccc(OC)c(NC(=O)NCCn2nnc3cc(C(=O)N4CCCC4)ccc32)c1. The number of urea groups is 1. The summed E-state index contributed by atoms with van der Waals surface area (Å²) >= 11 is 0. The maximum atomic E-state index is 12.6. The molecule has 1 aliphatic heterocycles. The lowest BCUT2D eigenvalue weighted by atomic mass is 10.1. The van der Waals surface area contributed by atoms with E-state index in [1.165, 1.54) is 7.11 Å². The van der Waals surface area contributed by atoms with Crippen LogP contribution in [0.15, 0.2) is 36.4 Å². The first-order valence-electron chi connectivity index (χ1n) is 10.5. The highest BCUT2D eigenvalue weighted by Gasteiger charge is 2.20. The van der Waals surface area contributed by atoms with Gasteiger partial charge in [-0.2, -0.15) is 0 Å². The van der Waals surface area contributed by atoms with Crippen LogP contribution in [0, 0.1) is 0 Å². The number of rotatable bonds is 7. The first-order chi connectivity index (χ1) is 15.6. The minimum atomic E-state index is -0.375. The van der Waals surface area contributed by atoms with E-state index in [-0.39, 0.29) is 11.9 Å². The molecule has 0 aliphatic carbocycles. The number of carbonyl (C=O) groups excluding carboxylic acids is 2. The van der Waals surface area contributed by atoms with Crippen LogP contribution in [0.5, 0.6) is 11.5 Å². The number of hydrogen-bond acceptors (Lipinski definition) is 6. The molecule has 2 N–H and O–H groups in total. The highest BCUT2D eigenvalue weighted by molar-refractivity contribution is 5.97. The van der Waals surface area contributed by atoms with Gasteiger partial charge in [-0.05, 0) is 43.2 Å². The van der Waals surface area contributed by atoms with Crippen LogP contribution >= 0.6 is 0 Å². The van der Waals surface area contributed by atoms with Crippen LogP contribution in [0.3, 0.4) is 0 Å². The Morgan fingerprint density at radius 2 is 1.88 bits per heavy atom. The van der Waals surface area contributed by atoms with Crippen LogP contribution in [-0.2, 0) is 6.54 Å². The van der Waals surface area contributed by atoms with E-state index in [1.54, 1.807) is 42.1 Å².